The van der Waals surface area contributed by atoms with Crippen LogP contribution < -0.4 is 16.2 Å². The molecule has 6 heteroatoms. The van der Waals surface area contributed by atoms with Crippen LogP contribution in [0, 0.1) is 0 Å². The van der Waals surface area contributed by atoms with Gasteiger partial charge in [0.1, 0.15) is 0 Å². The minimum absolute atomic E-state index is 0.135. The number of rotatable bonds is 5. The molecule has 0 fully saturated rings. The molecule has 0 saturated carbocycles. The molecule has 0 aliphatic heterocycles. The van der Waals surface area contributed by atoms with Crippen molar-refractivity contribution in [3.8, 4) is 0 Å². The monoisotopic (exact) mass is 306 g/mol. The first-order valence-corrected chi connectivity index (χ1v) is 7.21. The molecule has 0 radical (unpaired) electrons. The maximum Gasteiger partial charge on any atom is 0.269 e. The molecule has 0 spiro atoms. The molecular formula is C15H19ClN4O. The third kappa shape index (κ3) is 3.76. The summed E-state index contributed by atoms with van der Waals surface area (Å²) in [5, 5.41) is 4.73. The third-order valence-corrected chi connectivity index (χ3v) is 3.59. The fourth-order valence-corrected chi connectivity index (χ4v) is 2.20. The van der Waals surface area contributed by atoms with Crippen molar-refractivity contribution in [3.05, 3.63) is 51.4 Å². The van der Waals surface area contributed by atoms with Crippen molar-refractivity contribution in [3.63, 3.8) is 0 Å². The molecule has 112 valence electrons. The lowest BCUT2D eigenvalue weighted by atomic mass is 10.2. The molecule has 21 heavy (non-hydrogen) atoms. The van der Waals surface area contributed by atoms with Crippen LogP contribution in [0.2, 0.25) is 5.02 Å². The summed E-state index contributed by atoms with van der Waals surface area (Å²) in [5.74, 6) is 0. The van der Waals surface area contributed by atoms with E-state index in [9.17, 15) is 4.79 Å². The van der Waals surface area contributed by atoms with E-state index in [1.807, 2.05) is 18.0 Å². The highest BCUT2D eigenvalue weighted by atomic mass is 35.5. The molecule has 0 unspecified atom stereocenters. The molecule has 0 saturated heterocycles. The van der Waals surface area contributed by atoms with Crippen LogP contribution in [0.4, 0.5) is 11.4 Å². The lowest BCUT2D eigenvalue weighted by Gasteiger charge is -2.17. The van der Waals surface area contributed by atoms with Gasteiger partial charge in [0, 0.05) is 19.7 Å². The lowest BCUT2D eigenvalue weighted by molar-refractivity contribution is 0.637. The SMILES string of the molecule is CCCN(C)c1cnn(Cc2ccc(Cl)c(N)c2)c(=O)c1. The van der Waals surface area contributed by atoms with Gasteiger partial charge in [-0.25, -0.2) is 4.68 Å². The third-order valence-electron chi connectivity index (χ3n) is 3.25. The van der Waals surface area contributed by atoms with Gasteiger partial charge in [-0.15, -0.1) is 0 Å². The van der Waals surface area contributed by atoms with E-state index in [0.717, 1.165) is 24.2 Å². The smallest absolute Gasteiger partial charge is 0.269 e. The molecule has 1 aromatic carbocycles. The van der Waals surface area contributed by atoms with Crippen LogP contribution in [0.25, 0.3) is 0 Å². The van der Waals surface area contributed by atoms with Crippen LogP contribution in [0.5, 0.6) is 0 Å². The van der Waals surface area contributed by atoms with E-state index in [1.54, 1.807) is 24.4 Å². The maximum absolute atomic E-state index is 12.1. The number of nitrogens with two attached hydrogens (primary N) is 1. The fourth-order valence-electron chi connectivity index (χ4n) is 2.08. The molecule has 0 atom stereocenters. The van der Waals surface area contributed by atoms with E-state index in [4.69, 9.17) is 17.3 Å². The van der Waals surface area contributed by atoms with Gasteiger partial charge in [-0.05, 0) is 24.1 Å². The van der Waals surface area contributed by atoms with E-state index in [2.05, 4.69) is 12.0 Å². The van der Waals surface area contributed by atoms with Gasteiger partial charge in [0.2, 0.25) is 0 Å². The van der Waals surface area contributed by atoms with Crippen molar-refractivity contribution >= 4 is 23.0 Å². The van der Waals surface area contributed by atoms with Crippen LogP contribution >= 0.6 is 11.6 Å². The Bertz CT molecular complexity index is 684. The molecule has 0 amide bonds. The second-order valence-corrected chi connectivity index (χ2v) is 5.39. The van der Waals surface area contributed by atoms with E-state index < -0.39 is 0 Å². The summed E-state index contributed by atoms with van der Waals surface area (Å²) in [6.45, 7) is 3.35. The lowest BCUT2D eigenvalue weighted by Crippen LogP contribution is -2.26. The average Bonchev–Trinajstić information content (AvgIpc) is 2.45. The number of aromatic nitrogens is 2. The molecule has 2 aromatic rings. The summed E-state index contributed by atoms with van der Waals surface area (Å²) in [6.07, 6.45) is 2.72. The van der Waals surface area contributed by atoms with Crippen molar-refractivity contribution in [1.82, 2.24) is 9.78 Å². The van der Waals surface area contributed by atoms with E-state index in [1.165, 1.54) is 4.68 Å². The zero-order chi connectivity index (χ0) is 15.4. The Labute approximate surface area is 128 Å². The number of hydrogen-bond acceptors (Lipinski definition) is 4. The number of benzene rings is 1. The standard InChI is InChI=1S/C15H19ClN4O/c1-3-6-19(2)12-8-15(21)20(18-9-12)10-11-4-5-13(16)14(17)7-11/h4-5,7-9H,3,6,10,17H2,1-2H3. The normalized spacial score (nSPS) is 10.6. The van der Waals surface area contributed by atoms with Crippen LogP contribution in [0.3, 0.4) is 0 Å². The summed E-state index contributed by atoms with van der Waals surface area (Å²) in [4.78, 5) is 14.1. The van der Waals surface area contributed by atoms with E-state index in [0.29, 0.717) is 17.3 Å². The zero-order valence-electron chi connectivity index (χ0n) is 12.2. The first-order chi connectivity index (χ1) is 10.0. The Hall–Kier alpha value is -2.01. The maximum atomic E-state index is 12.1. The summed E-state index contributed by atoms with van der Waals surface area (Å²) in [5.41, 5.74) is 7.85. The Morgan fingerprint density at radius 1 is 1.38 bits per heavy atom. The molecule has 1 heterocycles. The second-order valence-electron chi connectivity index (χ2n) is 4.99. The van der Waals surface area contributed by atoms with Gasteiger partial charge < -0.3 is 10.6 Å². The first kappa shape index (κ1) is 15.4. The van der Waals surface area contributed by atoms with Gasteiger partial charge in [0.05, 0.1) is 29.1 Å². The Morgan fingerprint density at radius 2 is 2.14 bits per heavy atom. The van der Waals surface area contributed by atoms with Crippen molar-refractivity contribution in [2.24, 2.45) is 0 Å². The number of nitrogens with zero attached hydrogens (tertiary/aromatic N) is 3. The number of halogens is 1. The largest absolute Gasteiger partial charge is 0.398 e. The topological polar surface area (TPSA) is 64.2 Å². The van der Waals surface area contributed by atoms with Gasteiger partial charge >= 0.3 is 0 Å². The Balaban J connectivity index is 2.21. The van der Waals surface area contributed by atoms with Crippen LogP contribution in [-0.2, 0) is 6.54 Å². The van der Waals surface area contributed by atoms with Gasteiger partial charge in [-0.2, -0.15) is 5.10 Å². The van der Waals surface area contributed by atoms with Crippen LogP contribution in [0.1, 0.15) is 18.9 Å². The van der Waals surface area contributed by atoms with Crippen molar-refractivity contribution in [2.75, 3.05) is 24.2 Å². The number of hydrogen-bond donors (Lipinski definition) is 1. The van der Waals surface area contributed by atoms with E-state index >= 15 is 0 Å². The van der Waals surface area contributed by atoms with Gasteiger partial charge in [-0.3, -0.25) is 4.79 Å². The van der Waals surface area contributed by atoms with Gasteiger partial charge in [-0.1, -0.05) is 24.6 Å². The van der Waals surface area contributed by atoms with Crippen molar-refractivity contribution in [2.45, 2.75) is 19.9 Å². The fraction of sp³-hybridized carbons (Fsp3) is 0.333. The van der Waals surface area contributed by atoms with E-state index in [-0.39, 0.29) is 5.56 Å². The summed E-state index contributed by atoms with van der Waals surface area (Å²) >= 11 is 5.89. The number of anilines is 2. The van der Waals surface area contributed by atoms with Crippen molar-refractivity contribution < 1.29 is 0 Å². The molecule has 2 rings (SSSR count). The highest BCUT2D eigenvalue weighted by Crippen LogP contribution is 2.19. The summed E-state index contributed by atoms with van der Waals surface area (Å²) < 4.78 is 1.41. The Kier molecular flexibility index (Phi) is 4.85. The quantitative estimate of drug-likeness (QED) is 0.861. The van der Waals surface area contributed by atoms with Gasteiger partial charge in [0.15, 0.2) is 0 Å². The van der Waals surface area contributed by atoms with Crippen LogP contribution in [-0.4, -0.2) is 23.4 Å². The first-order valence-electron chi connectivity index (χ1n) is 6.83. The molecule has 2 N–H and O–H groups in total. The molecule has 0 bridgehead atoms. The predicted molar refractivity (Wildman–Crippen MR) is 87.0 cm³/mol. The summed E-state index contributed by atoms with van der Waals surface area (Å²) in [7, 11) is 1.95. The highest BCUT2D eigenvalue weighted by Gasteiger charge is 2.06. The minimum atomic E-state index is -0.135. The summed E-state index contributed by atoms with van der Waals surface area (Å²) in [6, 6.07) is 6.92. The van der Waals surface area contributed by atoms with Crippen LogP contribution in [0.15, 0.2) is 35.3 Å². The molecule has 1 aromatic heterocycles. The second kappa shape index (κ2) is 6.63. The number of nitrogen functional groups attached to an aromatic ring is 1. The zero-order valence-corrected chi connectivity index (χ0v) is 13.0. The predicted octanol–water partition coefficient (Wildman–Crippen LogP) is 2.37. The molecule has 5 nitrogen and oxygen atoms in total. The van der Waals surface area contributed by atoms with Gasteiger partial charge in [0.25, 0.3) is 5.56 Å². The minimum Gasteiger partial charge on any atom is -0.398 e. The molecular weight excluding hydrogens is 288 g/mol. The van der Waals surface area contributed by atoms with Crippen molar-refractivity contribution in [1.29, 1.82) is 0 Å². The molecule has 0 aliphatic carbocycles. The Morgan fingerprint density at radius 3 is 2.76 bits per heavy atom. The molecule has 0 aliphatic rings. The highest BCUT2D eigenvalue weighted by molar-refractivity contribution is 6.33. The average molecular weight is 307 g/mol.